The third-order valence-corrected chi connectivity index (χ3v) is 4.83. The Bertz CT molecular complexity index is 386. The molecule has 1 aliphatic carbocycles. The summed E-state index contributed by atoms with van der Waals surface area (Å²) in [5.74, 6) is 0.592. The molecule has 2 N–H and O–H groups in total. The molecule has 2 atom stereocenters. The molecule has 4 heteroatoms. The summed E-state index contributed by atoms with van der Waals surface area (Å²) in [4.78, 5) is 15.7. The third kappa shape index (κ3) is 1.89. The van der Waals surface area contributed by atoms with Crippen molar-refractivity contribution >= 4 is 17.2 Å². The van der Waals surface area contributed by atoms with Crippen LogP contribution in [-0.4, -0.2) is 30.4 Å². The van der Waals surface area contributed by atoms with Gasteiger partial charge in [-0.1, -0.05) is 6.07 Å². The highest BCUT2D eigenvalue weighted by Crippen LogP contribution is 2.56. The van der Waals surface area contributed by atoms with Crippen LogP contribution in [0.1, 0.15) is 25.1 Å². The molecular formula is C13H20N2OS. The number of thiophene rings is 1. The van der Waals surface area contributed by atoms with Gasteiger partial charge in [-0.15, -0.1) is 11.3 Å². The highest BCUT2D eigenvalue weighted by atomic mass is 32.1. The van der Waals surface area contributed by atoms with Crippen molar-refractivity contribution in [1.82, 2.24) is 4.90 Å². The molecular weight excluding hydrogens is 232 g/mol. The van der Waals surface area contributed by atoms with E-state index in [9.17, 15) is 4.79 Å². The summed E-state index contributed by atoms with van der Waals surface area (Å²) in [6.07, 6.45) is 0.916. The van der Waals surface area contributed by atoms with E-state index in [4.69, 9.17) is 5.73 Å². The first kappa shape index (κ1) is 12.6. The number of amides is 1. The zero-order chi connectivity index (χ0) is 12.5. The second-order valence-corrected chi connectivity index (χ2v) is 5.51. The fourth-order valence-corrected chi connectivity index (χ4v) is 3.62. The first-order valence-electron chi connectivity index (χ1n) is 6.24. The average Bonchev–Trinajstić information content (AvgIpc) is 2.84. The SMILES string of the molecule is CCN(CC)C(=O)[C@]1(c2cccs2)C[C@@H]1CN. The molecule has 0 radical (unpaired) electrons. The van der Waals surface area contributed by atoms with E-state index in [1.54, 1.807) is 11.3 Å². The maximum Gasteiger partial charge on any atom is 0.234 e. The molecule has 94 valence electrons. The molecule has 2 rings (SSSR count). The van der Waals surface area contributed by atoms with Gasteiger partial charge in [0, 0.05) is 18.0 Å². The van der Waals surface area contributed by atoms with Crippen LogP contribution in [0.3, 0.4) is 0 Å². The predicted octanol–water partition coefficient (Wildman–Crippen LogP) is 1.83. The summed E-state index contributed by atoms with van der Waals surface area (Å²) in [6, 6.07) is 4.09. The fourth-order valence-electron chi connectivity index (χ4n) is 2.61. The molecule has 1 aromatic rings. The van der Waals surface area contributed by atoms with E-state index in [2.05, 4.69) is 6.07 Å². The van der Waals surface area contributed by atoms with Crippen molar-refractivity contribution in [3.63, 3.8) is 0 Å². The Hall–Kier alpha value is -0.870. The van der Waals surface area contributed by atoms with Gasteiger partial charge in [-0.3, -0.25) is 4.79 Å². The normalized spacial score (nSPS) is 26.9. The largest absolute Gasteiger partial charge is 0.342 e. The number of nitrogens with zero attached hydrogens (tertiary/aromatic N) is 1. The fraction of sp³-hybridized carbons (Fsp3) is 0.615. The molecule has 1 fully saturated rings. The molecule has 0 saturated heterocycles. The lowest BCUT2D eigenvalue weighted by Crippen LogP contribution is -2.40. The van der Waals surface area contributed by atoms with Crippen molar-refractivity contribution < 1.29 is 4.79 Å². The maximum atomic E-state index is 12.6. The number of carbonyl (C=O) groups is 1. The third-order valence-electron chi connectivity index (χ3n) is 3.78. The second kappa shape index (κ2) is 4.78. The minimum atomic E-state index is -0.297. The Labute approximate surface area is 107 Å². The molecule has 1 aliphatic rings. The summed E-state index contributed by atoms with van der Waals surface area (Å²) >= 11 is 1.68. The van der Waals surface area contributed by atoms with E-state index in [1.165, 1.54) is 4.88 Å². The van der Waals surface area contributed by atoms with Crippen LogP contribution in [-0.2, 0) is 10.2 Å². The van der Waals surface area contributed by atoms with Crippen LogP contribution in [0.5, 0.6) is 0 Å². The summed E-state index contributed by atoms with van der Waals surface area (Å²) < 4.78 is 0. The lowest BCUT2D eigenvalue weighted by molar-refractivity contribution is -0.133. The molecule has 0 spiro atoms. The smallest absolute Gasteiger partial charge is 0.234 e. The molecule has 17 heavy (non-hydrogen) atoms. The summed E-state index contributed by atoms with van der Waals surface area (Å²) in [7, 11) is 0. The van der Waals surface area contributed by atoms with Crippen LogP contribution >= 0.6 is 11.3 Å². The summed E-state index contributed by atoms with van der Waals surface area (Å²) in [6.45, 7) is 6.22. The number of hydrogen-bond acceptors (Lipinski definition) is 3. The van der Waals surface area contributed by atoms with Gasteiger partial charge in [-0.05, 0) is 44.2 Å². The van der Waals surface area contributed by atoms with E-state index >= 15 is 0 Å². The number of hydrogen-bond donors (Lipinski definition) is 1. The zero-order valence-electron chi connectivity index (χ0n) is 10.5. The van der Waals surface area contributed by atoms with Crippen LogP contribution in [0.4, 0.5) is 0 Å². The van der Waals surface area contributed by atoms with Gasteiger partial charge in [-0.2, -0.15) is 0 Å². The number of likely N-dealkylation sites (N-methyl/N-ethyl adjacent to an activating group) is 1. The van der Waals surface area contributed by atoms with Gasteiger partial charge in [0.1, 0.15) is 0 Å². The summed E-state index contributed by atoms with van der Waals surface area (Å²) in [5.41, 5.74) is 5.47. The quantitative estimate of drug-likeness (QED) is 0.869. The monoisotopic (exact) mass is 252 g/mol. The van der Waals surface area contributed by atoms with Crippen LogP contribution < -0.4 is 5.73 Å². The minimum absolute atomic E-state index is 0.264. The van der Waals surface area contributed by atoms with Gasteiger partial charge in [0.15, 0.2) is 0 Å². The minimum Gasteiger partial charge on any atom is -0.342 e. The van der Waals surface area contributed by atoms with Crippen LogP contribution in [0.2, 0.25) is 0 Å². The van der Waals surface area contributed by atoms with Crippen LogP contribution in [0.25, 0.3) is 0 Å². The number of carbonyl (C=O) groups excluding carboxylic acids is 1. The van der Waals surface area contributed by atoms with E-state index < -0.39 is 0 Å². The number of rotatable bonds is 5. The van der Waals surface area contributed by atoms with Gasteiger partial charge < -0.3 is 10.6 Å². The molecule has 1 saturated carbocycles. The van der Waals surface area contributed by atoms with Crippen LogP contribution in [0, 0.1) is 5.92 Å². The lowest BCUT2D eigenvalue weighted by atomic mass is 9.99. The van der Waals surface area contributed by atoms with Gasteiger partial charge in [0.2, 0.25) is 5.91 Å². The topological polar surface area (TPSA) is 46.3 Å². The molecule has 1 aromatic heterocycles. The average molecular weight is 252 g/mol. The Morgan fingerprint density at radius 1 is 1.59 bits per heavy atom. The molecule has 1 amide bonds. The van der Waals surface area contributed by atoms with Crippen molar-refractivity contribution in [3.05, 3.63) is 22.4 Å². The Kier molecular flexibility index (Phi) is 3.54. The van der Waals surface area contributed by atoms with Gasteiger partial charge in [-0.25, -0.2) is 0 Å². The molecule has 0 bridgehead atoms. The van der Waals surface area contributed by atoms with E-state index in [-0.39, 0.29) is 11.3 Å². The first-order chi connectivity index (χ1) is 8.20. The van der Waals surface area contributed by atoms with Gasteiger partial charge in [0.05, 0.1) is 5.41 Å². The zero-order valence-corrected chi connectivity index (χ0v) is 11.3. The summed E-state index contributed by atoms with van der Waals surface area (Å²) in [5, 5.41) is 2.04. The molecule has 0 unspecified atom stereocenters. The van der Waals surface area contributed by atoms with E-state index in [1.807, 2.05) is 30.2 Å². The number of nitrogens with two attached hydrogens (primary N) is 1. The van der Waals surface area contributed by atoms with E-state index in [0.717, 1.165) is 19.5 Å². The van der Waals surface area contributed by atoms with Crippen LogP contribution in [0.15, 0.2) is 17.5 Å². The Morgan fingerprint density at radius 2 is 2.29 bits per heavy atom. The second-order valence-electron chi connectivity index (χ2n) is 4.56. The standard InChI is InChI=1S/C13H20N2OS/c1-3-15(4-2)12(16)13(8-10(13)9-14)11-6-5-7-17-11/h5-7,10H,3-4,8-9,14H2,1-2H3/t10-,13-/m1/s1. The first-order valence-corrected chi connectivity index (χ1v) is 7.12. The Balaban J connectivity index is 2.28. The maximum absolute atomic E-state index is 12.6. The molecule has 3 nitrogen and oxygen atoms in total. The van der Waals surface area contributed by atoms with Gasteiger partial charge >= 0.3 is 0 Å². The predicted molar refractivity (Wildman–Crippen MR) is 71.1 cm³/mol. The van der Waals surface area contributed by atoms with Crippen molar-refractivity contribution in [2.45, 2.75) is 25.7 Å². The van der Waals surface area contributed by atoms with E-state index in [0.29, 0.717) is 12.5 Å². The van der Waals surface area contributed by atoms with Gasteiger partial charge in [0.25, 0.3) is 0 Å². The Morgan fingerprint density at radius 3 is 2.71 bits per heavy atom. The van der Waals surface area contributed by atoms with Crippen molar-refractivity contribution in [1.29, 1.82) is 0 Å². The van der Waals surface area contributed by atoms with Crippen molar-refractivity contribution in [2.24, 2.45) is 11.7 Å². The molecule has 0 aromatic carbocycles. The highest BCUT2D eigenvalue weighted by Gasteiger charge is 2.61. The highest BCUT2D eigenvalue weighted by molar-refractivity contribution is 7.10. The lowest BCUT2D eigenvalue weighted by Gasteiger charge is -2.25. The van der Waals surface area contributed by atoms with Crippen molar-refractivity contribution in [3.8, 4) is 0 Å². The molecule has 0 aliphatic heterocycles. The molecule has 1 heterocycles. The van der Waals surface area contributed by atoms with Crippen molar-refractivity contribution in [2.75, 3.05) is 19.6 Å².